The summed E-state index contributed by atoms with van der Waals surface area (Å²) in [6.45, 7) is 6.88. The lowest BCUT2D eigenvalue weighted by atomic mass is 9.63. The molecule has 0 unspecified atom stereocenters. The molecule has 1 aromatic heterocycles. The smallest absolute Gasteiger partial charge is 0.337 e. The number of pyridine rings is 1. The van der Waals surface area contributed by atoms with E-state index in [-0.39, 0.29) is 11.2 Å². The van der Waals surface area contributed by atoms with Gasteiger partial charge in [-0.1, -0.05) is 0 Å². The second-order valence-electron chi connectivity index (χ2n) is 7.11. The zero-order valence-electron chi connectivity index (χ0n) is 12.8. The number of nitrogens with zero attached hydrogens (tertiary/aromatic N) is 1. The van der Waals surface area contributed by atoms with Crippen LogP contribution in [0.15, 0.2) is 12.1 Å². The molecule has 1 aliphatic heterocycles. The first kappa shape index (κ1) is 14.3. The molecule has 0 amide bonds. The van der Waals surface area contributed by atoms with Gasteiger partial charge in [0.1, 0.15) is 5.82 Å². The average molecular weight is 290 g/mol. The fourth-order valence-corrected chi connectivity index (χ4v) is 3.78. The fourth-order valence-electron chi connectivity index (χ4n) is 3.78. The summed E-state index contributed by atoms with van der Waals surface area (Å²) < 4.78 is 5.85. The van der Waals surface area contributed by atoms with Gasteiger partial charge >= 0.3 is 5.97 Å². The molecule has 5 heteroatoms. The Kier molecular flexibility index (Phi) is 3.20. The Morgan fingerprint density at radius 2 is 2.14 bits per heavy atom. The van der Waals surface area contributed by atoms with E-state index in [4.69, 9.17) is 9.84 Å². The van der Waals surface area contributed by atoms with Gasteiger partial charge in [0.25, 0.3) is 0 Å². The van der Waals surface area contributed by atoms with Crippen LogP contribution in [0.5, 0.6) is 0 Å². The number of ether oxygens (including phenoxy) is 1. The highest BCUT2D eigenvalue weighted by molar-refractivity contribution is 5.89. The van der Waals surface area contributed by atoms with Crippen molar-refractivity contribution in [2.75, 3.05) is 11.9 Å². The number of anilines is 1. The molecule has 1 aliphatic carbocycles. The number of carbonyl (C=O) groups is 1. The average Bonchev–Trinajstić information content (AvgIpc) is 2.64. The zero-order chi connectivity index (χ0) is 15.3. The molecular formula is C16H22N2O3. The van der Waals surface area contributed by atoms with Crippen LogP contribution in [0, 0.1) is 12.3 Å². The van der Waals surface area contributed by atoms with Crippen molar-refractivity contribution in [3.05, 3.63) is 23.4 Å². The van der Waals surface area contributed by atoms with Crippen LogP contribution in [0.3, 0.4) is 0 Å². The minimum Gasteiger partial charge on any atom is -0.478 e. The van der Waals surface area contributed by atoms with Crippen molar-refractivity contribution < 1.29 is 14.6 Å². The number of aromatic carboxylic acids is 1. The zero-order valence-corrected chi connectivity index (χ0v) is 12.8. The number of rotatable bonds is 3. The summed E-state index contributed by atoms with van der Waals surface area (Å²) >= 11 is 0. The van der Waals surface area contributed by atoms with E-state index < -0.39 is 5.97 Å². The standard InChI is InChI=1S/C16H22N2O3/c1-10-12(14(19)20)4-5-13(17-10)18-11-6-16(7-11)8-15(2,3)21-9-16/h4-5,11H,6-9H2,1-3H3,(H,17,18)(H,19,20). The number of carboxylic acid groups (broad SMARTS) is 1. The molecule has 0 aromatic carbocycles. The van der Waals surface area contributed by atoms with Crippen LogP contribution in [0.2, 0.25) is 0 Å². The van der Waals surface area contributed by atoms with E-state index in [2.05, 4.69) is 24.1 Å². The molecule has 2 N–H and O–H groups in total. The van der Waals surface area contributed by atoms with E-state index >= 15 is 0 Å². The predicted molar refractivity (Wildman–Crippen MR) is 79.7 cm³/mol. The van der Waals surface area contributed by atoms with Crippen LogP contribution in [0.25, 0.3) is 0 Å². The van der Waals surface area contributed by atoms with Gasteiger partial charge in [0, 0.05) is 11.5 Å². The Bertz CT molecular complexity index is 577. The first-order valence-electron chi connectivity index (χ1n) is 7.40. The molecule has 2 heterocycles. The molecule has 2 fully saturated rings. The molecule has 0 atom stereocenters. The van der Waals surface area contributed by atoms with Gasteiger partial charge in [-0.15, -0.1) is 0 Å². The maximum atomic E-state index is 11.0. The summed E-state index contributed by atoms with van der Waals surface area (Å²) in [4.78, 5) is 15.3. The van der Waals surface area contributed by atoms with Crippen LogP contribution < -0.4 is 5.32 Å². The van der Waals surface area contributed by atoms with Crippen molar-refractivity contribution >= 4 is 11.8 Å². The minimum atomic E-state index is -0.931. The number of hydrogen-bond donors (Lipinski definition) is 2. The first-order chi connectivity index (χ1) is 9.79. The van der Waals surface area contributed by atoms with Crippen LogP contribution in [0.1, 0.15) is 49.2 Å². The Morgan fingerprint density at radius 3 is 2.67 bits per heavy atom. The van der Waals surface area contributed by atoms with Crippen molar-refractivity contribution in [3.8, 4) is 0 Å². The maximum absolute atomic E-state index is 11.0. The second kappa shape index (κ2) is 4.70. The third kappa shape index (κ3) is 2.75. The molecule has 1 aromatic rings. The molecule has 5 nitrogen and oxygen atoms in total. The largest absolute Gasteiger partial charge is 0.478 e. The summed E-state index contributed by atoms with van der Waals surface area (Å²) in [5.74, 6) is -0.171. The van der Waals surface area contributed by atoms with E-state index in [1.807, 2.05) is 0 Å². The summed E-state index contributed by atoms with van der Waals surface area (Å²) in [7, 11) is 0. The molecular weight excluding hydrogens is 268 g/mol. The van der Waals surface area contributed by atoms with Crippen LogP contribution in [0.4, 0.5) is 5.82 Å². The van der Waals surface area contributed by atoms with E-state index in [1.165, 1.54) is 0 Å². The molecule has 0 bridgehead atoms. The Hall–Kier alpha value is -1.62. The number of carboxylic acids is 1. The Balaban J connectivity index is 1.60. The molecule has 3 rings (SSSR count). The van der Waals surface area contributed by atoms with Crippen molar-refractivity contribution in [2.24, 2.45) is 5.41 Å². The molecule has 1 spiro atoms. The molecule has 2 aliphatic rings. The number of nitrogens with one attached hydrogen (secondary N) is 1. The number of hydrogen-bond acceptors (Lipinski definition) is 4. The summed E-state index contributed by atoms with van der Waals surface area (Å²) in [6, 6.07) is 3.77. The van der Waals surface area contributed by atoms with E-state index in [9.17, 15) is 4.79 Å². The highest BCUT2D eigenvalue weighted by Crippen LogP contribution is 2.53. The van der Waals surface area contributed by atoms with Crippen molar-refractivity contribution in [1.29, 1.82) is 0 Å². The molecule has 0 radical (unpaired) electrons. The van der Waals surface area contributed by atoms with Crippen molar-refractivity contribution in [2.45, 2.75) is 51.7 Å². The van der Waals surface area contributed by atoms with Gasteiger partial charge in [0.05, 0.1) is 23.5 Å². The van der Waals surface area contributed by atoms with Crippen molar-refractivity contribution in [1.82, 2.24) is 4.98 Å². The lowest BCUT2D eigenvalue weighted by Crippen LogP contribution is -2.46. The van der Waals surface area contributed by atoms with Crippen LogP contribution in [-0.4, -0.2) is 34.3 Å². The monoisotopic (exact) mass is 290 g/mol. The predicted octanol–water partition coefficient (Wildman–Crippen LogP) is 2.85. The van der Waals surface area contributed by atoms with E-state index in [0.29, 0.717) is 17.2 Å². The van der Waals surface area contributed by atoms with Gasteiger partial charge in [-0.05, 0) is 52.2 Å². The molecule has 1 saturated heterocycles. The lowest BCUT2D eigenvalue weighted by Gasteiger charge is -2.45. The number of aryl methyl sites for hydroxylation is 1. The number of aromatic nitrogens is 1. The first-order valence-corrected chi connectivity index (χ1v) is 7.40. The summed E-state index contributed by atoms with van der Waals surface area (Å²) in [5, 5.41) is 12.4. The lowest BCUT2D eigenvalue weighted by molar-refractivity contribution is 0.0223. The topological polar surface area (TPSA) is 71.5 Å². The van der Waals surface area contributed by atoms with Gasteiger partial charge < -0.3 is 15.2 Å². The van der Waals surface area contributed by atoms with Gasteiger partial charge in [0.2, 0.25) is 0 Å². The van der Waals surface area contributed by atoms with Gasteiger partial charge in [-0.2, -0.15) is 0 Å². The van der Waals surface area contributed by atoms with Gasteiger partial charge in [-0.25, -0.2) is 9.78 Å². The summed E-state index contributed by atoms with van der Waals surface area (Å²) in [5.41, 5.74) is 1.14. The van der Waals surface area contributed by atoms with Gasteiger partial charge in [0.15, 0.2) is 0 Å². The Labute approximate surface area is 124 Å². The van der Waals surface area contributed by atoms with Crippen molar-refractivity contribution in [3.63, 3.8) is 0 Å². The Morgan fingerprint density at radius 1 is 1.43 bits per heavy atom. The van der Waals surface area contributed by atoms with Crippen LogP contribution in [-0.2, 0) is 4.74 Å². The normalized spacial score (nSPS) is 30.1. The third-order valence-corrected chi connectivity index (χ3v) is 4.60. The third-order valence-electron chi connectivity index (χ3n) is 4.60. The molecule has 1 saturated carbocycles. The second-order valence-corrected chi connectivity index (χ2v) is 7.11. The maximum Gasteiger partial charge on any atom is 0.337 e. The quantitative estimate of drug-likeness (QED) is 0.895. The van der Waals surface area contributed by atoms with Crippen LogP contribution >= 0.6 is 0 Å². The minimum absolute atomic E-state index is 0.00292. The highest BCUT2D eigenvalue weighted by atomic mass is 16.5. The fraction of sp³-hybridized carbons (Fsp3) is 0.625. The molecule has 21 heavy (non-hydrogen) atoms. The van der Waals surface area contributed by atoms with Gasteiger partial charge in [-0.3, -0.25) is 0 Å². The van der Waals surface area contributed by atoms with E-state index in [1.54, 1.807) is 19.1 Å². The van der Waals surface area contributed by atoms with E-state index in [0.717, 1.165) is 31.7 Å². The summed E-state index contributed by atoms with van der Waals surface area (Å²) in [6.07, 6.45) is 3.30. The highest BCUT2D eigenvalue weighted by Gasteiger charge is 2.52. The SMILES string of the molecule is Cc1nc(NC2CC3(COC(C)(C)C3)C2)ccc1C(=O)O. The molecule has 114 valence electrons.